The van der Waals surface area contributed by atoms with Gasteiger partial charge in [0.25, 0.3) is 0 Å². The topological polar surface area (TPSA) is 39.4 Å². The SMILES string of the molecule is [2H]C([2H])([2H])OC(=O)c1ccc(Br)o1. The predicted molar refractivity (Wildman–Crippen MR) is 37.7 cm³/mol. The Labute approximate surface area is 70.3 Å². The number of hydrogen-bond donors (Lipinski definition) is 0. The summed E-state index contributed by atoms with van der Waals surface area (Å²) in [5.74, 6) is -1.16. The number of furan rings is 1. The van der Waals surface area contributed by atoms with Gasteiger partial charge in [-0.05, 0) is 28.1 Å². The maximum Gasteiger partial charge on any atom is 0.373 e. The lowest BCUT2D eigenvalue weighted by molar-refractivity contribution is 0.0563. The molecule has 54 valence electrons. The summed E-state index contributed by atoms with van der Waals surface area (Å²) in [6.45, 7) is 0. The highest BCUT2D eigenvalue weighted by molar-refractivity contribution is 9.10. The van der Waals surface area contributed by atoms with Crippen molar-refractivity contribution in [2.24, 2.45) is 0 Å². The van der Waals surface area contributed by atoms with Crippen LogP contribution in [0.4, 0.5) is 0 Å². The van der Waals surface area contributed by atoms with Gasteiger partial charge >= 0.3 is 5.97 Å². The van der Waals surface area contributed by atoms with Gasteiger partial charge < -0.3 is 9.15 Å². The van der Waals surface area contributed by atoms with Gasteiger partial charge in [-0.2, -0.15) is 0 Å². The van der Waals surface area contributed by atoms with Crippen LogP contribution in [0.15, 0.2) is 21.2 Å². The summed E-state index contributed by atoms with van der Waals surface area (Å²) in [5.41, 5.74) is 0. The zero-order valence-corrected chi connectivity index (χ0v) is 6.34. The Morgan fingerprint density at radius 3 is 3.20 bits per heavy atom. The maximum absolute atomic E-state index is 11.0. The van der Waals surface area contributed by atoms with Gasteiger partial charge in [0.1, 0.15) is 0 Å². The minimum Gasteiger partial charge on any atom is -0.463 e. The van der Waals surface area contributed by atoms with E-state index in [2.05, 4.69) is 20.7 Å². The van der Waals surface area contributed by atoms with Gasteiger partial charge in [-0.1, -0.05) is 0 Å². The van der Waals surface area contributed by atoms with Crippen LogP contribution in [-0.2, 0) is 4.74 Å². The maximum atomic E-state index is 11.0. The van der Waals surface area contributed by atoms with Gasteiger partial charge in [0.2, 0.25) is 5.76 Å². The van der Waals surface area contributed by atoms with E-state index in [1.165, 1.54) is 12.1 Å². The van der Waals surface area contributed by atoms with Crippen LogP contribution in [-0.4, -0.2) is 13.0 Å². The molecule has 4 heteroatoms. The molecule has 0 spiro atoms. The summed E-state index contributed by atoms with van der Waals surface area (Å²) in [6, 6.07) is 2.79. The van der Waals surface area contributed by atoms with Gasteiger partial charge in [-0.3, -0.25) is 0 Å². The summed E-state index contributed by atoms with van der Waals surface area (Å²) in [6.07, 6.45) is 0. The molecule has 0 fully saturated rings. The van der Waals surface area contributed by atoms with Crippen LogP contribution in [0.25, 0.3) is 0 Å². The third-order valence-electron chi connectivity index (χ3n) is 0.867. The molecule has 0 unspecified atom stereocenters. The van der Waals surface area contributed by atoms with Gasteiger partial charge in [-0.15, -0.1) is 0 Å². The first-order valence-electron chi connectivity index (χ1n) is 3.87. The lowest BCUT2D eigenvalue weighted by Gasteiger charge is -1.90. The molecular formula is C6H5BrO3. The molecule has 0 aliphatic heterocycles. The summed E-state index contributed by atoms with van der Waals surface area (Å²) in [7, 11) is -2.74. The number of rotatable bonds is 1. The second-order valence-electron chi connectivity index (χ2n) is 1.49. The van der Waals surface area contributed by atoms with Crippen molar-refractivity contribution in [1.82, 2.24) is 0 Å². The number of ether oxygens (including phenoxy) is 1. The van der Waals surface area contributed by atoms with Gasteiger partial charge in [-0.25, -0.2) is 4.79 Å². The Kier molecular flexibility index (Phi) is 1.20. The van der Waals surface area contributed by atoms with E-state index in [1.807, 2.05) is 0 Å². The number of esters is 1. The van der Waals surface area contributed by atoms with E-state index in [0.29, 0.717) is 4.67 Å². The number of carbonyl (C=O) groups excluding carboxylic acids is 1. The van der Waals surface area contributed by atoms with E-state index in [1.54, 1.807) is 0 Å². The van der Waals surface area contributed by atoms with Crippen molar-refractivity contribution >= 4 is 21.9 Å². The molecular weight excluding hydrogens is 200 g/mol. The lowest BCUT2D eigenvalue weighted by Crippen LogP contribution is -1.97. The van der Waals surface area contributed by atoms with Gasteiger partial charge in [0.05, 0.1) is 11.2 Å². The Morgan fingerprint density at radius 2 is 2.70 bits per heavy atom. The number of carbonyl (C=O) groups is 1. The summed E-state index contributed by atoms with van der Waals surface area (Å²) < 4.78 is 29.2. The fraction of sp³-hybridized carbons (Fsp3) is 0.167. The van der Waals surface area contributed by atoms with E-state index in [0.717, 1.165) is 0 Å². The normalized spacial score (nSPS) is 15.1. The second-order valence-corrected chi connectivity index (χ2v) is 2.27. The van der Waals surface area contributed by atoms with Crippen molar-refractivity contribution in [2.45, 2.75) is 0 Å². The quantitative estimate of drug-likeness (QED) is 0.661. The third kappa shape index (κ3) is 1.39. The smallest absolute Gasteiger partial charge is 0.373 e. The van der Waals surface area contributed by atoms with E-state index < -0.39 is 13.0 Å². The Balaban J connectivity index is 2.70. The standard InChI is InChI=1S/C6H5BrO3/c1-9-6(8)4-2-3-5(7)10-4/h2-3H,1H3/i1D3. The minimum absolute atomic E-state index is 0.150. The summed E-state index contributed by atoms with van der Waals surface area (Å²) in [4.78, 5) is 11.0. The highest BCUT2D eigenvalue weighted by Crippen LogP contribution is 2.14. The van der Waals surface area contributed by atoms with E-state index in [4.69, 9.17) is 8.53 Å². The Morgan fingerprint density at radius 1 is 1.90 bits per heavy atom. The molecule has 0 aromatic carbocycles. The number of halogens is 1. The molecule has 1 aromatic heterocycles. The average Bonchev–Trinajstić information content (AvgIpc) is 2.31. The second kappa shape index (κ2) is 2.88. The lowest BCUT2D eigenvalue weighted by atomic mass is 10.5. The van der Waals surface area contributed by atoms with Crippen LogP contribution < -0.4 is 0 Å². The first-order chi connectivity index (χ1) is 5.88. The van der Waals surface area contributed by atoms with E-state index >= 15 is 0 Å². The molecule has 10 heavy (non-hydrogen) atoms. The zero-order valence-electron chi connectivity index (χ0n) is 7.76. The average molecular weight is 208 g/mol. The molecule has 0 atom stereocenters. The molecule has 0 amide bonds. The third-order valence-corrected chi connectivity index (χ3v) is 1.29. The van der Waals surface area contributed by atoms with Crippen LogP contribution in [0, 0.1) is 0 Å². The molecule has 1 heterocycles. The molecule has 0 N–H and O–H groups in total. The highest BCUT2D eigenvalue weighted by Gasteiger charge is 2.08. The van der Waals surface area contributed by atoms with Crippen LogP contribution in [0.5, 0.6) is 0 Å². The van der Waals surface area contributed by atoms with Gasteiger partial charge in [0.15, 0.2) is 4.67 Å². The summed E-state index contributed by atoms with van der Waals surface area (Å²) in [5, 5.41) is 0. The Bertz CT molecular complexity index is 317. The van der Waals surface area contributed by atoms with Crippen LogP contribution in [0.2, 0.25) is 0 Å². The molecule has 3 nitrogen and oxygen atoms in total. The van der Waals surface area contributed by atoms with E-state index in [9.17, 15) is 4.79 Å². The number of hydrogen-bond acceptors (Lipinski definition) is 3. The minimum atomic E-state index is -2.74. The molecule has 0 saturated carbocycles. The first-order valence-corrected chi connectivity index (χ1v) is 3.16. The van der Waals surface area contributed by atoms with Gasteiger partial charge in [0, 0.05) is 0 Å². The van der Waals surface area contributed by atoms with Crippen molar-refractivity contribution < 1.29 is 18.1 Å². The van der Waals surface area contributed by atoms with Crippen LogP contribution >= 0.6 is 15.9 Å². The predicted octanol–water partition coefficient (Wildman–Crippen LogP) is 1.83. The Hall–Kier alpha value is -0.770. The van der Waals surface area contributed by atoms with Crippen molar-refractivity contribution in [3.8, 4) is 0 Å². The van der Waals surface area contributed by atoms with Crippen molar-refractivity contribution in [1.29, 1.82) is 0 Å². The largest absolute Gasteiger partial charge is 0.463 e. The van der Waals surface area contributed by atoms with Crippen LogP contribution in [0.3, 0.4) is 0 Å². The molecule has 0 aliphatic carbocycles. The molecule has 0 aliphatic rings. The van der Waals surface area contributed by atoms with Crippen LogP contribution in [0.1, 0.15) is 14.7 Å². The van der Waals surface area contributed by atoms with Crippen molar-refractivity contribution in [3.05, 3.63) is 22.6 Å². The van der Waals surface area contributed by atoms with E-state index in [-0.39, 0.29) is 5.76 Å². The fourth-order valence-electron chi connectivity index (χ4n) is 0.474. The molecule has 0 radical (unpaired) electrons. The molecule has 1 aromatic rings. The fourth-order valence-corrected chi connectivity index (χ4v) is 0.781. The van der Waals surface area contributed by atoms with Crippen molar-refractivity contribution in [2.75, 3.05) is 7.04 Å². The monoisotopic (exact) mass is 207 g/mol. The molecule has 1 rings (SSSR count). The number of methoxy groups -OCH3 is 1. The van der Waals surface area contributed by atoms with Crippen molar-refractivity contribution in [3.63, 3.8) is 0 Å². The summed E-state index contributed by atoms with van der Waals surface area (Å²) >= 11 is 2.97. The molecule has 0 saturated heterocycles. The molecule has 0 bridgehead atoms. The zero-order chi connectivity index (χ0) is 10.1. The first kappa shape index (κ1) is 4.18. The highest BCUT2D eigenvalue weighted by atomic mass is 79.9.